The van der Waals surface area contributed by atoms with E-state index in [2.05, 4.69) is 30.8 Å². The minimum Gasteiger partial charge on any atom is -0.341 e. The number of anilines is 4. The molecule has 2 heterocycles. The first-order chi connectivity index (χ1) is 15.9. The third kappa shape index (κ3) is 5.93. The Balaban J connectivity index is 1.59. The van der Waals surface area contributed by atoms with Crippen molar-refractivity contribution in [3.63, 3.8) is 0 Å². The summed E-state index contributed by atoms with van der Waals surface area (Å²) in [6.45, 7) is 1.56. The molecule has 1 aliphatic heterocycles. The van der Waals surface area contributed by atoms with E-state index in [9.17, 15) is 17.6 Å². The second kappa shape index (κ2) is 9.80. The standard InChI is InChI=1S/C22H21F4N7/c23-16-8-10-17(11-9-16)28-19-29-20(31-21(30-19)33-12-4-1-5-13-33)32-27-14-15-6-2-3-7-18(15)22(24,25)26/h2-3,6-11,14H,1,4-5,12-13H2,(H2,28,29,30,31,32). The zero-order chi connectivity index (χ0) is 23.3. The van der Waals surface area contributed by atoms with E-state index in [4.69, 9.17) is 0 Å². The van der Waals surface area contributed by atoms with E-state index >= 15 is 0 Å². The van der Waals surface area contributed by atoms with Gasteiger partial charge in [-0.25, -0.2) is 9.82 Å². The van der Waals surface area contributed by atoms with Crippen LogP contribution >= 0.6 is 0 Å². The van der Waals surface area contributed by atoms with Crippen molar-refractivity contribution >= 4 is 29.7 Å². The average Bonchev–Trinajstić information content (AvgIpc) is 2.81. The molecule has 33 heavy (non-hydrogen) atoms. The molecule has 11 heteroatoms. The van der Waals surface area contributed by atoms with Crippen LogP contribution in [-0.4, -0.2) is 34.3 Å². The van der Waals surface area contributed by atoms with E-state index in [1.807, 2.05) is 4.90 Å². The summed E-state index contributed by atoms with van der Waals surface area (Å²) in [6.07, 6.45) is -0.302. The van der Waals surface area contributed by atoms with Crippen molar-refractivity contribution in [3.8, 4) is 0 Å². The fourth-order valence-corrected chi connectivity index (χ4v) is 3.40. The number of hydrogen-bond acceptors (Lipinski definition) is 7. The highest BCUT2D eigenvalue weighted by molar-refractivity contribution is 5.82. The highest BCUT2D eigenvalue weighted by Crippen LogP contribution is 2.31. The summed E-state index contributed by atoms with van der Waals surface area (Å²) in [6, 6.07) is 10.8. The maximum atomic E-state index is 13.2. The lowest BCUT2D eigenvalue weighted by molar-refractivity contribution is -0.137. The third-order valence-electron chi connectivity index (χ3n) is 5.00. The molecule has 0 unspecified atom stereocenters. The Bertz CT molecular complexity index is 1110. The molecule has 0 spiro atoms. The number of aromatic nitrogens is 3. The fraction of sp³-hybridized carbons (Fsp3) is 0.273. The quantitative estimate of drug-likeness (QED) is 0.299. The van der Waals surface area contributed by atoms with Crippen molar-refractivity contribution in [1.29, 1.82) is 0 Å². The zero-order valence-corrected chi connectivity index (χ0v) is 17.5. The van der Waals surface area contributed by atoms with Gasteiger partial charge in [0.05, 0.1) is 11.8 Å². The normalized spacial score (nSPS) is 14.5. The van der Waals surface area contributed by atoms with Gasteiger partial charge in [0.25, 0.3) is 0 Å². The predicted molar refractivity (Wildman–Crippen MR) is 118 cm³/mol. The number of benzene rings is 2. The Morgan fingerprint density at radius 3 is 2.30 bits per heavy atom. The van der Waals surface area contributed by atoms with Crippen LogP contribution in [0.5, 0.6) is 0 Å². The van der Waals surface area contributed by atoms with Gasteiger partial charge in [0.1, 0.15) is 5.82 Å². The van der Waals surface area contributed by atoms with Crippen LogP contribution in [0.2, 0.25) is 0 Å². The topological polar surface area (TPSA) is 78.3 Å². The van der Waals surface area contributed by atoms with Gasteiger partial charge in [-0.05, 0) is 49.6 Å². The van der Waals surface area contributed by atoms with Crippen LogP contribution in [0, 0.1) is 5.82 Å². The van der Waals surface area contributed by atoms with E-state index in [0.717, 1.165) is 44.6 Å². The molecule has 1 saturated heterocycles. The second-order valence-electron chi connectivity index (χ2n) is 7.42. The van der Waals surface area contributed by atoms with E-state index in [1.165, 1.54) is 30.3 Å². The first kappa shape index (κ1) is 22.4. The van der Waals surface area contributed by atoms with Gasteiger partial charge in [0.2, 0.25) is 17.8 Å². The summed E-state index contributed by atoms with van der Waals surface area (Å²) < 4.78 is 52.8. The van der Waals surface area contributed by atoms with Crippen LogP contribution in [0.1, 0.15) is 30.4 Å². The Hall–Kier alpha value is -3.76. The summed E-state index contributed by atoms with van der Waals surface area (Å²) >= 11 is 0. The lowest BCUT2D eigenvalue weighted by atomic mass is 10.1. The van der Waals surface area contributed by atoms with Crippen molar-refractivity contribution in [3.05, 3.63) is 65.5 Å². The van der Waals surface area contributed by atoms with Gasteiger partial charge in [-0.1, -0.05) is 18.2 Å². The highest BCUT2D eigenvalue weighted by atomic mass is 19.4. The molecule has 7 nitrogen and oxygen atoms in total. The molecule has 1 aromatic heterocycles. The van der Waals surface area contributed by atoms with Crippen LogP contribution in [0.3, 0.4) is 0 Å². The molecule has 2 aromatic carbocycles. The molecule has 0 bridgehead atoms. The Kier molecular flexibility index (Phi) is 6.66. The van der Waals surface area contributed by atoms with E-state index in [-0.39, 0.29) is 23.3 Å². The molecule has 4 rings (SSSR count). The number of rotatable bonds is 6. The monoisotopic (exact) mass is 459 g/mol. The molecule has 0 atom stereocenters. The minimum absolute atomic E-state index is 0.0657. The second-order valence-corrected chi connectivity index (χ2v) is 7.42. The number of piperidine rings is 1. The molecular weight excluding hydrogens is 438 g/mol. The number of hydrazone groups is 1. The number of halogens is 4. The van der Waals surface area contributed by atoms with E-state index in [0.29, 0.717) is 11.6 Å². The molecule has 3 aromatic rings. The van der Waals surface area contributed by atoms with Crippen LogP contribution in [0.25, 0.3) is 0 Å². The lowest BCUT2D eigenvalue weighted by Crippen LogP contribution is -2.31. The Morgan fingerprint density at radius 2 is 1.58 bits per heavy atom. The van der Waals surface area contributed by atoms with Gasteiger partial charge in [-0.3, -0.25) is 0 Å². The minimum atomic E-state index is -4.50. The van der Waals surface area contributed by atoms with Gasteiger partial charge < -0.3 is 10.2 Å². The maximum Gasteiger partial charge on any atom is 0.417 e. The molecule has 0 saturated carbocycles. The third-order valence-corrected chi connectivity index (χ3v) is 5.00. The van der Waals surface area contributed by atoms with Gasteiger partial charge in [0, 0.05) is 24.3 Å². The Morgan fingerprint density at radius 1 is 0.879 bits per heavy atom. The van der Waals surface area contributed by atoms with Crippen molar-refractivity contribution in [2.24, 2.45) is 5.10 Å². The highest BCUT2D eigenvalue weighted by Gasteiger charge is 2.32. The van der Waals surface area contributed by atoms with Gasteiger partial charge in [-0.15, -0.1) is 0 Å². The first-order valence-electron chi connectivity index (χ1n) is 10.4. The molecular formula is C22H21F4N7. The number of hydrogen-bond donors (Lipinski definition) is 2. The number of alkyl halides is 3. The fourth-order valence-electron chi connectivity index (χ4n) is 3.40. The number of nitrogens with one attached hydrogen (secondary N) is 2. The zero-order valence-electron chi connectivity index (χ0n) is 17.5. The van der Waals surface area contributed by atoms with E-state index in [1.54, 1.807) is 12.1 Å². The van der Waals surface area contributed by atoms with Gasteiger partial charge in [0.15, 0.2) is 0 Å². The van der Waals surface area contributed by atoms with Crippen LogP contribution in [0.4, 0.5) is 41.1 Å². The van der Waals surface area contributed by atoms with Crippen molar-refractivity contribution in [1.82, 2.24) is 15.0 Å². The summed E-state index contributed by atoms with van der Waals surface area (Å²) in [5.41, 5.74) is 2.29. The SMILES string of the molecule is Fc1ccc(Nc2nc(NN=Cc3ccccc3C(F)(F)F)nc(N3CCCCC3)n2)cc1. The number of nitrogens with zero attached hydrogens (tertiary/aromatic N) is 5. The summed E-state index contributed by atoms with van der Waals surface area (Å²) in [5.74, 6) is 0.310. The van der Waals surface area contributed by atoms with Gasteiger partial charge >= 0.3 is 6.18 Å². The Labute approximate surface area is 187 Å². The lowest BCUT2D eigenvalue weighted by Gasteiger charge is -2.26. The van der Waals surface area contributed by atoms with Gasteiger partial charge in [-0.2, -0.15) is 33.2 Å². The van der Waals surface area contributed by atoms with E-state index < -0.39 is 11.7 Å². The first-order valence-corrected chi connectivity index (χ1v) is 10.4. The van der Waals surface area contributed by atoms with Crippen LogP contribution < -0.4 is 15.6 Å². The van der Waals surface area contributed by atoms with Crippen molar-refractivity contribution in [2.75, 3.05) is 28.7 Å². The molecule has 2 N–H and O–H groups in total. The van der Waals surface area contributed by atoms with Crippen LogP contribution in [0.15, 0.2) is 53.6 Å². The summed E-state index contributed by atoms with van der Waals surface area (Å²) in [4.78, 5) is 15.1. The maximum absolute atomic E-state index is 13.2. The molecule has 0 radical (unpaired) electrons. The summed E-state index contributed by atoms with van der Waals surface area (Å²) in [5, 5.41) is 6.90. The molecule has 0 aliphatic carbocycles. The average molecular weight is 459 g/mol. The smallest absolute Gasteiger partial charge is 0.341 e. The van der Waals surface area contributed by atoms with Crippen LogP contribution in [-0.2, 0) is 6.18 Å². The molecule has 172 valence electrons. The predicted octanol–water partition coefficient (Wildman–Crippen LogP) is 5.21. The molecule has 1 aliphatic rings. The van der Waals surface area contributed by atoms with Crippen molar-refractivity contribution in [2.45, 2.75) is 25.4 Å². The molecule has 1 fully saturated rings. The summed E-state index contributed by atoms with van der Waals surface area (Å²) in [7, 11) is 0. The largest absolute Gasteiger partial charge is 0.417 e. The van der Waals surface area contributed by atoms with Crippen molar-refractivity contribution < 1.29 is 17.6 Å². The molecule has 0 amide bonds.